The van der Waals surface area contributed by atoms with Crippen molar-refractivity contribution in [3.63, 3.8) is 0 Å². The Morgan fingerprint density at radius 1 is 0.829 bits per heavy atom. The van der Waals surface area contributed by atoms with Gasteiger partial charge in [0.25, 0.3) is 0 Å². The van der Waals surface area contributed by atoms with Gasteiger partial charge in [-0.25, -0.2) is 22.0 Å². The summed E-state index contributed by atoms with van der Waals surface area (Å²) in [7, 11) is 0. The monoisotopic (exact) mass is 511 g/mol. The van der Waals surface area contributed by atoms with Crippen molar-refractivity contribution in [1.82, 2.24) is 5.32 Å². The lowest BCUT2D eigenvalue weighted by atomic mass is 10.1. The summed E-state index contributed by atoms with van der Waals surface area (Å²) in [4.78, 5) is 0. The molecule has 35 heavy (non-hydrogen) atoms. The van der Waals surface area contributed by atoms with Gasteiger partial charge in [-0.05, 0) is 55.0 Å². The van der Waals surface area contributed by atoms with E-state index in [1.165, 1.54) is 0 Å². The number of hydrogen-bond donors (Lipinski definition) is 4. The van der Waals surface area contributed by atoms with Crippen molar-refractivity contribution < 1.29 is 31.8 Å². The first-order valence-electron chi connectivity index (χ1n) is 10.5. The van der Waals surface area contributed by atoms with Crippen LogP contribution in [0.15, 0.2) is 54.6 Å². The lowest BCUT2D eigenvalue weighted by molar-refractivity contribution is 0.106. The molecule has 11 heteroatoms. The summed E-state index contributed by atoms with van der Waals surface area (Å²) < 4.78 is 72.8. The third-order valence-corrected chi connectivity index (χ3v) is 5.02. The zero-order valence-corrected chi connectivity index (χ0v) is 19.1. The lowest BCUT2D eigenvalue weighted by Crippen LogP contribution is -2.32. The molecule has 5 nitrogen and oxygen atoms in total. The van der Waals surface area contributed by atoms with E-state index in [4.69, 9.17) is 17.0 Å². The molecule has 0 aromatic heterocycles. The fourth-order valence-corrected chi connectivity index (χ4v) is 3.23. The van der Waals surface area contributed by atoms with Gasteiger partial charge in [0, 0.05) is 12.2 Å². The summed E-state index contributed by atoms with van der Waals surface area (Å²) in [5.41, 5.74) is 0.159. The molecular formula is C24H22F5N3O2S. The lowest BCUT2D eigenvalue weighted by Gasteiger charge is -2.14. The maximum Gasteiger partial charge on any atom is 0.200 e. The van der Waals surface area contributed by atoms with Gasteiger partial charge in [0.1, 0.15) is 24.1 Å². The second kappa shape index (κ2) is 12.4. The first kappa shape index (κ1) is 26.3. The predicted octanol–water partition coefficient (Wildman–Crippen LogP) is 4.76. The Morgan fingerprint density at radius 2 is 1.43 bits per heavy atom. The van der Waals surface area contributed by atoms with Crippen LogP contribution >= 0.6 is 12.2 Å². The molecule has 1 atom stereocenters. The first-order valence-corrected chi connectivity index (χ1v) is 10.9. The molecule has 3 aromatic rings. The van der Waals surface area contributed by atoms with Crippen molar-refractivity contribution in [2.45, 2.75) is 12.5 Å². The number of ether oxygens (including phenoxy) is 1. The minimum atomic E-state index is -2.25. The van der Waals surface area contributed by atoms with Crippen LogP contribution in [-0.4, -0.2) is 36.0 Å². The van der Waals surface area contributed by atoms with E-state index in [0.717, 1.165) is 5.56 Å². The molecule has 0 amide bonds. The highest BCUT2D eigenvalue weighted by Crippen LogP contribution is 2.27. The van der Waals surface area contributed by atoms with Crippen molar-refractivity contribution in [1.29, 1.82) is 0 Å². The van der Waals surface area contributed by atoms with Crippen molar-refractivity contribution >= 4 is 28.7 Å². The van der Waals surface area contributed by atoms with E-state index in [-0.39, 0.29) is 11.7 Å². The van der Waals surface area contributed by atoms with Crippen LogP contribution in [0.2, 0.25) is 0 Å². The number of nitrogens with one attached hydrogen (secondary N) is 3. The highest BCUT2D eigenvalue weighted by molar-refractivity contribution is 7.80. The second-order valence-electron chi connectivity index (χ2n) is 7.45. The van der Waals surface area contributed by atoms with Gasteiger partial charge in [-0.2, -0.15) is 0 Å². The Morgan fingerprint density at radius 3 is 2.06 bits per heavy atom. The normalized spacial score (nSPS) is 11.7. The average Bonchev–Trinajstić information content (AvgIpc) is 2.87. The molecule has 3 aromatic carbocycles. The number of thiocarbonyl (C=S) groups is 1. The Labute approximate surface area is 203 Å². The molecule has 0 saturated carbocycles. The zero-order chi connectivity index (χ0) is 25.4. The Bertz CT molecular complexity index is 1120. The first-order chi connectivity index (χ1) is 16.8. The molecule has 0 aliphatic carbocycles. The highest BCUT2D eigenvalue weighted by atomic mass is 32.1. The molecule has 0 bridgehead atoms. The molecule has 3 rings (SSSR count). The van der Waals surface area contributed by atoms with E-state index >= 15 is 0 Å². The molecule has 0 heterocycles. The maximum atomic E-state index is 13.8. The zero-order valence-electron chi connectivity index (χ0n) is 18.3. The molecule has 186 valence electrons. The van der Waals surface area contributed by atoms with Crippen LogP contribution in [0, 0.1) is 29.1 Å². The van der Waals surface area contributed by atoms with Crippen LogP contribution in [-0.2, 0) is 6.42 Å². The maximum absolute atomic E-state index is 13.8. The molecule has 0 unspecified atom stereocenters. The number of benzene rings is 3. The molecule has 0 fully saturated rings. The van der Waals surface area contributed by atoms with E-state index in [1.807, 2.05) is 23.5 Å². The van der Waals surface area contributed by atoms with E-state index in [1.54, 1.807) is 36.4 Å². The number of para-hydroxylation sites is 1. The fourth-order valence-electron chi connectivity index (χ4n) is 3.01. The van der Waals surface area contributed by atoms with E-state index < -0.39 is 40.9 Å². The molecule has 0 radical (unpaired) electrons. The summed E-state index contributed by atoms with van der Waals surface area (Å²) >= 11 is 4.91. The summed E-state index contributed by atoms with van der Waals surface area (Å²) in [6, 6.07) is 16.0. The molecule has 4 N–H and O–H groups in total. The predicted molar refractivity (Wildman–Crippen MR) is 127 cm³/mol. The average molecular weight is 512 g/mol. The minimum absolute atomic E-state index is 0.163. The Kier molecular flexibility index (Phi) is 9.35. The van der Waals surface area contributed by atoms with Crippen LogP contribution in [0.5, 0.6) is 5.75 Å². The van der Waals surface area contributed by atoms with E-state index in [9.17, 15) is 27.1 Å². The highest BCUT2D eigenvalue weighted by Gasteiger charge is 2.26. The van der Waals surface area contributed by atoms with Crippen LogP contribution in [0.1, 0.15) is 5.56 Å². The van der Waals surface area contributed by atoms with Gasteiger partial charge in [0.05, 0.1) is 0 Å². The van der Waals surface area contributed by atoms with Gasteiger partial charge in [0.15, 0.2) is 28.4 Å². The van der Waals surface area contributed by atoms with Gasteiger partial charge >= 0.3 is 0 Å². The van der Waals surface area contributed by atoms with Crippen LogP contribution in [0.25, 0.3) is 0 Å². The van der Waals surface area contributed by atoms with Gasteiger partial charge in [-0.3, -0.25) is 0 Å². The van der Waals surface area contributed by atoms with Crippen molar-refractivity contribution in [2.75, 3.05) is 30.3 Å². The summed E-state index contributed by atoms with van der Waals surface area (Å²) in [6.07, 6.45) is -0.0206. The molecule has 0 aliphatic heterocycles. The second-order valence-corrected chi connectivity index (χ2v) is 7.86. The molecular weight excluding hydrogens is 489 g/mol. The molecule has 0 aliphatic rings. The SMILES string of the molecule is O[C@@H](CNCCc1ccc(NC(=S)Nc2c(F)c(F)c(F)c(F)c2F)cc1)COc1ccccc1. The van der Waals surface area contributed by atoms with Crippen molar-refractivity contribution in [3.8, 4) is 5.75 Å². The Hall–Kier alpha value is -3.28. The minimum Gasteiger partial charge on any atom is -0.491 e. The van der Waals surface area contributed by atoms with Crippen LogP contribution in [0.4, 0.5) is 33.3 Å². The van der Waals surface area contributed by atoms with Crippen molar-refractivity contribution in [3.05, 3.63) is 89.2 Å². The van der Waals surface area contributed by atoms with E-state index in [2.05, 4.69) is 10.6 Å². The van der Waals surface area contributed by atoms with Gasteiger partial charge in [-0.1, -0.05) is 30.3 Å². The summed E-state index contributed by atoms with van der Waals surface area (Å²) in [5, 5.41) is 17.4. The number of aliphatic hydroxyl groups is 1. The number of rotatable bonds is 10. The van der Waals surface area contributed by atoms with Gasteiger partial charge < -0.3 is 25.8 Å². The molecule has 0 spiro atoms. The quantitative estimate of drug-likeness (QED) is 0.104. The number of hydrogen-bond acceptors (Lipinski definition) is 4. The fraction of sp³-hybridized carbons (Fsp3) is 0.208. The largest absolute Gasteiger partial charge is 0.491 e. The van der Waals surface area contributed by atoms with Crippen LogP contribution in [0.3, 0.4) is 0 Å². The number of aliphatic hydroxyl groups excluding tert-OH is 1. The topological polar surface area (TPSA) is 65.5 Å². The van der Waals surface area contributed by atoms with Crippen molar-refractivity contribution in [2.24, 2.45) is 0 Å². The number of anilines is 2. The Balaban J connectivity index is 1.42. The third kappa shape index (κ3) is 7.35. The standard InChI is InChI=1S/C24H22F5N3O2S/c25-18-19(26)21(28)23(22(29)20(18)27)32-24(35)31-15-8-6-14(7-9-15)10-11-30-12-16(33)13-34-17-4-2-1-3-5-17/h1-9,16,30,33H,10-13H2,(H2,31,32,35)/t16-/m0/s1. The third-order valence-electron chi connectivity index (χ3n) is 4.82. The van der Waals surface area contributed by atoms with Gasteiger partial charge in [-0.15, -0.1) is 0 Å². The summed E-state index contributed by atoms with van der Waals surface area (Å²) in [5.74, 6) is -9.71. The smallest absolute Gasteiger partial charge is 0.200 e. The van der Waals surface area contributed by atoms with Crippen LogP contribution < -0.4 is 20.7 Å². The number of halogens is 5. The van der Waals surface area contributed by atoms with Gasteiger partial charge in [0.2, 0.25) is 5.82 Å². The van der Waals surface area contributed by atoms with E-state index in [0.29, 0.717) is 30.9 Å². The molecule has 0 saturated heterocycles. The summed E-state index contributed by atoms with van der Waals surface area (Å²) in [6.45, 7) is 1.11.